The van der Waals surface area contributed by atoms with Crippen molar-refractivity contribution in [3.8, 4) is 0 Å². The summed E-state index contributed by atoms with van der Waals surface area (Å²) in [4.78, 5) is 89.9. The van der Waals surface area contributed by atoms with Crippen LogP contribution in [0.4, 0.5) is 15.3 Å². The van der Waals surface area contributed by atoms with E-state index in [2.05, 4.69) is 56.9 Å². The molecule has 0 spiro atoms. The topological polar surface area (TPSA) is 235 Å². The summed E-state index contributed by atoms with van der Waals surface area (Å²) in [7, 11) is 0. The number of esters is 2. The van der Waals surface area contributed by atoms with Gasteiger partial charge in [0.15, 0.2) is 0 Å². The van der Waals surface area contributed by atoms with Crippen LogP contribution in [0.2, 0.25) is 0 Å². The molecule has 0 saturated carbocycles. The Balaban J connectivity index is 1.32. The highest BCUT2D eigenvalue weighted by Crippen LogP contribution is 2.57. The summed E-state index contributed by atoms with van der Waals surface area (Å²) < 4.78 is 10.5. The Labute approximate surface area is 374 Å². The quantitative estimate of drug-likeness (QED) is 0.147. The van der Waals surface area contributed by atoms with E-state index in [0.29, 0.717) is 43.2 Å². The zero-order valence-electron chi connectivity index (χ0n) is 37.6. The van der Waals surface area contributed by atoms with Crippen LogP contribution >= 0.6 is 0 Å². The van der Waals surface area contributed by atoms with Crippen molar-refractivity contribution < 1.29 is 38.2 Å². The van der Waals surface area contributed by atoms with Crippen LogP contribution in [0.25, 0.3) is 0 Å². The molecule has 4 amide bonds. The molecule has 3 aromatic carbocycles. The molecular weight excluding hydrogens is 815 g/mol. The summed E-state index contributed by atoms with van der Waals surface area (Å²) in [5.74, 6) is -4.09. The number of fused-ring (bicyclic) bond motifs is 6. The average Bonchev–Trinajstić information content (AvgIpc) is 3.97. The smallest absolute Gasteiger partial charge is 0.375 e. The van der Waals surface area contributed by atoms with E-state index in [1.165, 1.54) is 0 Å². The number of carbonyl (C=O) groups is 6. The van der Waals surface area contributed by atoms with Crippen LogP contribution < -0.4 is 27.8 Å². The lowest BCUT2D eigenvalue weighted by atomic mass is 9.58. The normalized spacial score (nSPS) is 30.5. The highest BCUT2D eigenvalue weighted by molar-refractivity contribution is 6.12. The number of likely N-dealkylation sites (tertiary alicyclic amines) is 2. The number of hydrogen-bond acceptors (Lipinski definition) is 11. The lowest BCUT2D eigenvalue weighted by molar-refractivity contribution is -0.167. The Morgan fingerprint density at radius 1 is 0.641 bits per heavy atom. The number of carbonyl (C=O) groups excluding carboxylic acids is 6. The van der Waals surface area contributed by atoms with Gasteiger partial charge in [-0.1, -0.05) is 95.3 Å². The van der Waals surface area contributed by atoms with Crippen LogP contribution in [0.15, 0.2) is 72.8 Å². The molecular formula is C49H61N7O8. The largest absolute Gasteiger partial charge is 0.412 e. The second-order valence-electron chi connectivity index (χ2n) is 19.8. The van der Waals surface area contributed by atoms with Crippen molar-refractivity contribution in [1.29, 1.82) is 0 Å². The Morgan fingerprint density at radius 2 is 1.09 bits per heavy atom. The van der Waals surface area contributed by atoms with Crippen molar-refractivity contribution in [2.45, 2.75) is 138 Å². The fraction of sp³-hybridized carbons (Fsp3) is 0.510. The van der Waals surface area contributed by atoms with Crippen molar-refractivity contribution >= 4 is 41.6 Å². The lowest BCUT2D eigenvalue weighted by Gasteiger charge is -2.58. The van der Waals surface area contributed by atoms with Gasteiger partial charge >= 0.3 is 24.1 Å². The van der Waals surface area contributed by atoms with E-state index in [9.17, 15) is 28.8 Å². The number of anilines is 1. The first-order valence-electron chi connectivity index (χ1n) is 22.4. The molecule has 340 valence electrons. The van der Waals surface area contributed by atoms with Crippen LogP contribution in [0.3, 0.4) is 0 Å². The molecule has 10 rings (SSSR count). The fourth-order valence-electron chi connectivity index (χ4n) is 13.3. The Bertz CT molecular complexity index is 2390. The zero-order chi connectivity index (χ0) is 46.3. The molecule has 64 heavy (non-hydrogen) atoms. The van der Waals surface area contributed by atoms with Crippen LogP contribution in [0.5, 0.6) is 0 Å². The van der Waals surface area contributed by atoms with Crippen LogP contribution in [0, 0.1) is 5.92 Å². The molecule has 3 aliphatic heterocycles. The number of benzene rings is 3. The van der Waals surface area contributed by atoms with Crippen molar-refractivity contribution in [2.75, 3.05) is 18.0 Å². The lowest BCUT2D eigenvalue weighted by Crippen LogP contribution is -2.78. The zero-order valence-corrected chi connectivity index (χ0v) is 37.6. The van der Waals surface area contributed by atoms with E-state index < -0.39 is 81.5 Å². The van der Waals surface area contributed by atoms with Gasteiger partial charge in [0.1, 0.15) is 0 Å². The third kappa shape index (κ3) is 6.20. The third-order valence-corrected chi connectivity index (χ3v) is 16.4. The molecule has 9 atom stereocenters. The molecule has 15 nitrogen and oxygen atoms in total. The number of hydrogen-bond donors (Lipinski definition) is 4. The van der Waals surface area contributed by atoms with Crippen LogP contribution in [-0.4, -0.2) is 93.6 Å². The molecule has 0 aromatic heterocycles. The van der Waals surface area contributed by atoms with E-state index in [0.717, 1.165) is 22.4 Å². The molecule has 15 heteroatoms. The second kappa shape index (κ2) is 15.7. The van der Waals surface area contributed by atoms with E-state index >= 15 is 0 Å². The minimum atomic E-state index is -2.18. The average molecular weight is 876 g/mol. The maximum Gasteiger partial charge on any atom is 0.412 e. The van der Waals surface area contributed by atoms with Gasteiger partial charge in [0.25, 0.3) is 11.8 Å². The van der Waals surface area contributed by atoms with E-state index in [1.807, 2.05) is 72.2 Å². The highest BCUT2D eigenvalue weighted by atomic mass is 16.6. The highest BCUT2D eigenvalue weighted by Gasteiger charge is 2.72. The van der Waals surface area contributed by atoms with Gasteiger partial charge in [0.05, 0.1) is 5.54 Å². The monoisotopic (exact) mass is 875 g/mol. The van der Waals surface area contributed by atoms with Gasteiger partial charge in [-0.3, -0.25) is 19.4 Å². The summed E-state index contributed by atoms with van der Waals surface area (Å²) in [6.07, 6.45) is 0.690. The van der Waals surface area contributed by atoms with Crippen molar-refractivity contribution in [2.24, 2.45) is 28.9 Å². The Hall–Kier alpha value is -5.80. The maximum absolute atomic E-state index is 14.9. The standard InChI is InChI=1S/C49H61N7O8/c1-28(2)32-15-21-35(22-16-32)56-37(36-9-7-23-54(36)48(39(50)57,41(59)63-43(52)61)45(4)26-30-11-17-33(45)18-12-30)25-29(3)47(56,6)38-10-8-24-55(38)49(40(51)58,42(60)64-44(53)62)46(5)27-31-13-19-34(46)20-14-31/h11-22,28-29,36-38H,7-10,23-27H2,1-6H3,(H2,50,57)(H2,51,58)(H2,52,61)(H2,53,62)/t29?,36?,37?,38?,45?,46?,47-,48+,49+/m1/s1. The molecule has 4 bridgehead atoms. The number of rotatable bonds is 12. The molecule has 4 aliphatic carbocycles. The number of ether oxygens (including phenoxy) is 2. The molecule has 7 aliphatic rings. The van der Waals surface area contributed by atoms with E-state index in [4.69, 9.17) is 32.4 Å². The van der Waals surface area contributed by atoms with Gasteiger partial charge in [-0.2, -0.15) is 0 Å². The van der Waals surface area contributed by atoms with Crippen LogP contribution in [-0.2, 0) is 52.3 Å². The third-order valence-electron chi connectivity index (χ3n) is 16.4. The maximum atomic E-state index is 14.9. The van der Waals surface area contributed by atoms with E-state index in [1.54, 1.807) is 0 Å². The first kappa shape index (κ1) is 44.8. The van der Waals surface area contributed by atoms with Gasteiger partial charge in [-0.25, -0.2) is 19.2 Å². The minimum Gasteiger partial charge on any atom is -0.375 e. The molecule has 0 radical (unpaired) electrons. The summed E-state index contributed by atoms with van der Waals surface area (Å²) in [6.45, 7) is 12.7. The first-order chi connectivity index (χ1) is 30.2. The predicted octanol–water partition coefficient (Wildman–Crippen LogP) is 4.43. The van der Waals surface area contributed by atoms with Crippen molar-refractivity contribution in [3.63, 3.8) is 0 Å². The predicted molar refractivity (Wildman–Crippen MR) is 239 cm³/mol. The molecule has 3 saturated heterocycles. The van der Waals surface area contributed by atoms with Gasteiger partial charge in [-0.05, 0) is 104 Å². The first-order valence-corrected chi connectivity index (χ1v) is 22.4. The summed E-state index contributed by atoms with van der Waals surface area (Å²) in [5.41, 5.74) is 21.5. The number of primary amides is 4. The summed E-state index contributed by atoms with van der Waals surface area (Å²) >= 11 is 0. The number of amides is 4. The van der Waals surface area contributed by atoms with E-state index in [-0.39, 0.29) is 37.8 Å². The second-order valence-corrected chi connectivity index (χ2v) is 19.8. The number of nitrogens with two attached hydrogens (primary N) is 4. The van der Waals surface area contributed by atoms with Crippen molar-refractivity contribution in [3.05, 3.63) is 101 Å². The number of nitrogens with zero attached hydrogens (tertiary/aromatic N) is 3. The Kier molecular flexibility index (Phi) is 11.0. The SMILES string of the molecule is CC(C)c1ccc(N2C(C3CCCN3[C@@](C(N)=O)(C(=O)OC(N)=O)C3(C)Cc4ccc3cc4)CC(C)[C@]2(C)C2CCCN2[C@@](C(N)=O)(C(=O)OC(N)=O)C2(C)Cc3ccc2cc3)cc1. The molecule has 8 N–H and O–H groups in total. The molecule has 3 aromatic rings. The summed E-state index contributed by atoms with van der Waals surface area (Å²) in [6, 6.07) is 22.1. The minimum absolute atomic E-state index is 0.164. The molecule has 6 unspecified atom stereocenters. The molecule has 3 heterocycles. The van der Waals surface area contributed by atoms with Crippen molar-refractivity contribution in [1.82, 2.24) is 9.80 Å². The van der Waals surface area contributed by atoms with Gasteiger partial charge in [0, 0.05) is 47.7 Å². The van der Waals surface area contributed by atoms with Crippen LogP contribution in [0.1, 0.15) is 107 Å². The summed E-state index contributed by atoms with van der Waals surface area (Å²) in [5, 5.41) is 0. The fourth-order valence-corrected chi connectivity index (χ4v) is 13.3. The molecule has 3 fully saturated rings. The van der Waals surface area contributed by atoms with Gasteiger partial charge in [-0.15, -0.1) is 0 Å². The Morgan fingerprint density at radius 3 is 1.52 bits per heavy atom. The van der Waals surface area contributed by atoms with Gasteiger partial charge in [0.2, 0.25) is 11.1 Å². The van der Waals surface area contributed by atoms with Gasteiger partial charge < -0.3 is 37.3 Å².